The topological polar surface area (TPSA) is 114 Å². The summed E-state index contributed by atoms with van der Waals surface area (Å²) in [5.74, 6) is -0.703. The summed E-state index contributed by atoms with van der Waals surface area (Å²) >= 11 is 0. The minimum absolute atomic E-state index is 0.0459. The monoisotopic (exact) mass is 315 g/mol. The zero-order chi connectivity index (χ0) is 16.7. The normalized spacial score (nSPS) is 10.4. The number of nitrogens with one attached hydrogen (secondary N) is 1. The van der Waals surface area contributed by atoms with Gasteiger partial charge in [-0.25, -0.2) is 4.79 Å². The van der Waals surface area contributed by atoms with Crippen LogP contribution in [0.25, 0.3) is 0 Å². The van der Waals surface area contributed by atoms with E-state index in [1.807, 2.05) is 0 Å². The molecule has 0 saturated carbocycles. The fraction of sp³-hybridized carbons (Fsp3) is 0.0667. The molecular formula is C15H13N3O5. The third-order valence-electron chi connectivity index (χ3n) is 2.72. The summed E-state index contributed by atoms with van der Waals surface area (Å²) in [5.41, 5.74) is 3.66. The Labute approximate surface area is 131 Å². The van der Waals surface area contributed by atoms with Crippen molar-refractivity contribution in [3.05, 3.63) is 64.2 Å². The molecular weight excluding hydrogens is 302 g/mol. The van der Waals surface area contributed by atoms with Crippen LogP contribution in [0.1, 0.15) is 5.56 Å². The maximum Gasteiger partial charge on any atom is 0.341 e. The fourth-order valence-electron chi connectivity index (χ4n) is 1.72. The van der Waals surface area contributed by atoms with E-state index in [0.717, 1.165) is 0 Å². The molecule has 0 aromatic heterocycles. The third kappa shape index (κ3) is 4.81. The summed E-state index contributed by atoms with van der Waals surface area (Å²) < 4.78 is 5.14. The second-order valence-electron chi connectivity index (χ2n) is 4.40. The Kier molecular flexibility index (Phi) is 5.24. The van der Waals surface area contributed by atoms with Crippen LogP contribution in [0.5, 0.6) is 5.75 Å². The highest BCUT2D eigenvalue weighted by atomic mass is 16.6. The highest BCUT2D eigenvalue weighted by molar-refractivity contribution is 5.84. The summed E-state index contributed by atoms with van der Waals surface area (Å²) in [5, 5.41) is 23.3. The molecule has 8 heteroatoms. The number of hydrogen-bond acceptors (Lipinski definition) is 6. The van der Waals surface area contributed by atoms with Gasteiger partial charge in [0.15, 0.2) is 6.61 Å². The quantitative estimate of drug-likeness (QED) is 0.461. The zero-order valence-corrected chi connectivity index (χ0v) is 11.9. The van der Waals surface area contributed by atoms with Crippen molar-refractivity contribution < 1.29 is 19.6 Å². The molecule has 0 unspecified atom stereocenters. The number of carbonyl (C=O) groups is 1. The van der Waals surface area contributed by atoms with Crippen LogP contribution in [0.4, 0.5) is 11.4 Å². The van der Waals surface area contributed by atoms with Gasteiger partial charge in [-0.05, 0) is 18.2 Å². The number of non-ortho nitro benzene ring substituents is 1. The first-order valence-electron chi connectivity index (χ1n) is 6.53. The van der Waals surface area contributed by atoms with Crippen molar-refractivity contribution in [2.75, 3.05) is 12.0 Å². The number of nitro benzene ring substituents is 1. The first-order chi connectivity index (χ1) is 11.1. The van der Waals surface area contributed by atoms with E-state index in [1.165, 1.54) is 18.3 Å². The second kappa shape index (κ2) is 7.55. The molecule has 0 aliphatic rings. The van der Waals surface area contributed by atoms with Gasteiger partial charge in [-0.2, -0.15) is 5.10 Å². The number of nitrogens with zero attached hydrogens (tertiary/aromatic N) is 2. The molecule has 0 atom stereocenters. The van der Waals surface area contributed by atoms with Crippen molar-refractivity contribution in [3.8, 4) is 5.75 Å². The first-order valence-corrected chi connectivity index (χ1v) is 6.53. The molecule has 0 radical (unpaired) electrons. The fourth-order valence-corrected chi connectivity index (χ4v) is 1.72. The number of carboxylic acid groups (broad SMARTS) is 1. The number of carboxylic acids is 1. The van der Waals surface area contributed by atoms with E-state index in [9.17, 15) is 14.9 Å². The van der Waals surface area contributed by atoms with Gasteiger partial charge >= 0.3 is 5.97 Å². The Balaban J connectivity index is 2.07. The van der Waals surface area contributed by atoms with Gasteiger partial charge in [0.1, 0.15) is 5.75 Å². The Morgan fingerprint density at radius 1 is 1.30 bits per heavy atom. The number of ether oxygens (including phenoxy) is 1. The average Bonchev–Trinajstić information content (AvgIpc) is 2.54. The van der Waals surface area contributed by atoms with E-state index in [4.69, 9.17) is 9.84 Å². The molecule has 2 N–H and O–H groups in total. The van der Waals surface area contributed by atoms with Gasteiger partial charge in [-0.1, -0.05) is 18.2 Å². The summed E-state index contributed by atoms with van der Waals surface area (Å²) in [6.07, 6.45) is 1.44. The Hall–Kier alpha value is -3.42. The van der Waals surface area contributed by atoms with Crippen molar-refractivity contribution >= 4 is 23.6 Å². The van der Waals surface area contributed by atoms with Gasteiger partial charge < -0.3 is 9.84 Å². The lowest BCUT2D eigenvalue weighted by Gasteiger charge is -2.06. The molecule has 2 aromatic rings. The molecule has 2 aromatic carbocycles. The molecule has 0 heterocycles. The number of hydrazone groups is 1. The minimum atomic E-state index is -1.08. The number of para-hydroxylation sites is 1. The van der Waals surface area contributed by atoms with E-state index in [1.54, 1.807) is 36.4 Å². The van der Waals surface area contributed by atoms with Crippen LogP contribution in [-0.2, 0) is 4.79 Å². The van der Waals surface area contributed by atoms with Crippen LogP contribution < -0.4 is 10.2 Å². The highest BCUT2D eigenvalue weighted by Crippen LogP contribution is 2.18. The van der Waals surface area contributed by atoms with Crippen LogP contribution in [0.2, 0.25) is 0 Å². The number of hydrogen-bond donors (Lipinski definition) is 2. The molecule has 0 spiro atoms. The highest BCUT2D eigenvalue weighted by Gasteiger charge is 2.05. The Bertz CT molecular complexity index is 745. The summed E-state index contributed by atoms with van der Waals surface area (Å²) in [4.78, 5) is 20.7. The molecule has 2 rings (SSSR count). The molecule has 0 aliphatic heterocycles. The van der Waals surface area contributed by atoms with Crippen LogP contribution in [-0.4, -0.2) is 28.8 Å². The van der Waals surface area contributed by atoms with E-state index in [0.29, 0.717) is 17.0 Å². The zero-order valence-electron chi connectivity index (χ0n) is 11.9. The largest absolute Gasteiger partial charge is 0.481 e. The number of benzene rings is 2. The first kappa shape index (κ1) is 16.0. The SMILES string of the molecule is O=C(O)COc1ccccc1/C=N\Nc1cccc([N+](=O)[O-])c1. The molecule has 8 nitrogen and oxygen atoms in total. The van der Waals surface area contributed by atoms with E-state index < -0.39 is 17.5 Å². The molecule has 0 saturated heterocycles. The van der Waals surface area contributed by atoms with E-state index >= 15 is 0 Å². The number of nitro groups is 1. The molecule has 0 fully saturated rings. The Morgan fingerprint density at radius 2 is 2.09 bits per heavy atom. The van der Waals surface area contributed by atoms with Crippen LogP contribution in [0, 0.1) is 10.1 Å². The van der Waals surface area contributed by atoms with E-state index in [2.05, 4.69) is 10.5 Å². The van der Waals surface area contributed by atoms with Crippen LogP contribution in [0.3, 0.4) is 0 Å². The molecule has 23 heavy (non-hydrogen) atoms. The standard InChI is InChI=1S/C15H13N3O5/c19-15(20)10-23-14-7-2-1-4-11(14)9-16-17-12-5-3-6-13(8-12)18(21)22/h1-9,17H,10H2,(H,19,20)/b16-9-. The number of aliphatic carboxylic acids is 1. The molecule has 0 bridgehead atoms. The maximum atomic E-state index is 10.7. The van der Waals surface area contributed by atoms with Crippen LogP contribution in [0.15, 0.2) is 53.6 Å². The lowest BCUT2D eigenvalue weighted by atomic mass is 10.2. The van der Waals surface area contributed by atoms with Gasteiger partial charge in [0.05, 0.1) is 16.8 Å². The van der Waals surface area contributed by atoms with Gasteiger partial charge in [0.2, 0.25) is 0 Å². The van der Waals surface area contributed by atoms with Crippen molar-refractivity contribution in [2.45, 2.75) is 0 Å². The van der Waals surface area contributed by atoms with Gasteiger partial charge in [0.25, 0.3) is 5.69 Å². The predicted octanol–water partition coefficient (Wildman–Crippen LogP) is 2.50. The third-order valence-corrected chi connectivity index (χ3v) is 2.72. The Morgan fingerprint density at radius 3 is 2.83 bits per heavy atom. The van der Waals surface area contributed by atoms with Crippen molar-refractivity contribution in [1.29, 1.82) is 0 Å². The van der Waals surface area contributed by atoms with Gasteiger partial charge in [-0.15, -0.1) is 0 Å². The molecule has 0 aliphatic carbocycles. The lowest BCUT2D eigenvalue weighted by molar-refractivity contribution is -0.384. The minimum Gasteiger partial charge on any atom is -0.481 e. The summed E-state index contributed by atoms with van der Waals surface area (Å²) in [7, 11) is 0. The van der Waals surface area contributed by atoms with Gasteiger partial charge in [0, 0.05) is 17.7 Å². The predicted molar refractivity (Wildman–Crippen MR) is 83.9 cm³/mol. The molecule has 0 amide bonds. The lowest BCUT2D eigenvalue weighted by Crippen LogP contribution is -2.10. The number of rotatable bonds is 7. The summed E-state index contributed by atoms with van der Waals surface area (Å²) in [6.45, 7) is -0.455. The van der Waals surface area contributed by atoms with Crippen molar-refractivity contribution in [2.24, 2.45) is 5.10 Å². The van der Waals surface area contributed by atoms with Crippen LogP contribution >= 0.6 is 0 Å². The van der Waals surface area contributed by atoms with E-state index in [-0.39, 0.29) is 5.69 Å². The summed E-state index contributed by atoms with van der Waals surface area (Å²) in [6, 6.07) is 12.7. The van der Waals surface area contributed by atoms with Gasteiger partial charge in [-0.3, -0.25) is 15.5 Å². The maximum absolute atomic E-state index is 10.7. The smallest absolute Gasteiger partial charge is 0.341 e. The number of anilines is 1. The van der Waals surface area contributed by atoms with Crippen molar-refractivity contribution in [3.63, 3.8) is 0 Å². The van der Waals surface area contributed by atoms with Crippen molar-refractivity contribution in [1.82, 2.24) is 0 Å². The average molecular weight is 315 g/mol. The second-order valence-corrected chi connectivity index (χ2v) is 4.40. The molecule has 118 valence electrons.